The molecular weight excluding hydrogens is 358 g/mol. The Morgan fingerprint density at radius 1 is 0.964 bits per heavy atom. The summed E-state index contributed by atoms with van der Waals surface area (Å²) in [5, 5.41) is 8.77. The van der Waals surface area contributed by atoms with Crippen molar-refractivity contribution < 1.29 is 9.53 Å². The van der Waals surface area contributed by atoms with Crippen molar-refractivity contribution >= 4 is 17.5 Å². The van der Waals surface area contributed by atoms with Crippen molar-refractivity contribution in [3.05, 3.63) is 30.1 Å². The van der Waals surface area contributed by atoms with Gasteiger partial charge in [-0.3, -0.25) is 4.79 Å². The predicted octanol–water partition coefficient (Wildman–Crippen LogP) is 0.903. The lowest BCUT2D eigenvalue weighted by molar-refractivity contribution is -0.133. The molecule has 148 valence electrons. The number of anilines is 2. The number of piperazine rings is 1. The summed E-state index contributed by atoms with van der Waals surface area (Å²) in [7, 11) is 0. The summed E-state index contributed by atoms with van der Waals surface area (Å²) in [5.41, 5.74) is 0.808. The van der Waals surface area contributed by atoms with E-state index in [1.165, 1.54) is 12.8 Å². The van der Waals surface area contributed by atoms with Crippen LogP contribution in [0.15, 0.2) is 24.4 Å². The molecule has 0 aromatic carbocycles. The Bertz CT molecular complexity index is 800. The zero-order chi connectivity index (χ0) is 19.3. The molecule has 2 aliphatic rings. The van der Waals surface area contributed by atoms with Gasteiger partial charge in [0.05, 0.1) is 0 Å². The van der Waals surface area contributed by atoms with Crippen LogP contribution in [0.5, 0.6) is 6.01 Å². The monoisotopic (exact) mass is 383 g/mol. The number of hydrogen-bond acceptors (Lipinski definition) is 8. The summed E-state index contributed by atoms with van der Waals surface area (Å²) in [6.07, 6.45) is 4.06. The average Bonchev–Trinajstić information content (AvgIpc) is 3.27. The number of amides is 1. The van der Waals surface area contributed by atoms with Gasteiger partial charge in [-0.2, -0.15) is 0 Å². The molecule has 2 fully saturated rings. The van der Waals surface area contributed by atoms with E-state index in [1.807, 2.05) is 19.1 Å². The zero-order valence-corrected chi connectivity index (χ0v) is 16.1. The molecule has 0 N–H and O–H groups in total. The van der Waals surface area contributed by atoms with E-state index in [9.17, 15) is 4.79 Å². The lowest BCUT2D eigenvalue weighted by Gasteiger charge is -2.35. The molecule has 0 aliphatic carbocycles. The fourth-order valence-corrected chi connectivity index (χ4v) is 3.50. The summed E-state index contributed by atoms with van der Waals surface area (Å²) in [4.78, 5) is 26.8. The molecule has 2 aliphatic heterocycles. The van der Waals surface area contributed by atoms with E-state index in [2.05, 4.69) is 30.0 Å². The van der Waals surface area contributed by atoms with E-state index in [-0.39, 0.29) is 18.5 Å². The number of carbonyl (C=O) groups excluding carboxylic acids is 1. The highest BCUT2D eigenvalue weighted by Gasteiger charge is 2.23. The first-order valence-corrected chi connectivity index (χ1v) is 9.73. The lowest BCUT2D eigenvalue weighted by Crippen LogP contribution is -2.50. The molecule has 0 atom stereocenters. The highest BCUT2D eigenvalue weighted by molar-refractivity contribution is 5.78. The Kier molecular flexibility index (Phi) is 5.50. The van der Waals surface area contributed by atoms with Crippen molar-refractivity contribution in [2.24, 2.45) is 0 Å². The van der Waals surface area contributed by atoms with Crippen molar-refractivity contribution in [1.82, 2.24) is 25.1 Å². The van der Waals surface area contributed by atoms with Gasteiger partial charge in [0, 0.05) is 51.2 Å². The molecule has 2 aromatic rings. The molecular formula is C19H25N7O2. The van der Waals surface area contributed by atoms with Crippen molar-refractivity contribution in [2.75, 3.05) is 55.7 Å². The maximum atomic E-state index is 12.4. The summed E-state index contributed by atoms with van der Waals surface area (Å²) < 4.78 is 5.42. The zero-order valence-electron chi connectivity index (χ0n) is 16.1. The Morgan fingerprint density at radius 3 is 2.21 bits per heavy atom. The molecule has 0 spiro atoms. The van der Waals surface area contributed by atoms with Gasteiger partial charge in [-0.15, -0.1) is 10.2 Å². The van der Waals surface area contributed by atoms with Crippen LogP contribution in [0, 0.1) is 6.92 Å². The fourth-order valence-electron chi connectivity index (χ4n) is 3.50. The van der Waals surface area contributed by atoms with E-state index < -0.39 is 0 Å². The van der Waals surface area contributed by atoms with Crippen LogP contribution in [0.1, 0.15) is 18.5 Å². The van der Waals surface area contributed by atoms with Crippen molar-refractivity contribution in [3.8, 4) is 6.01 Å². The largest absolute Gasteiger partial charge is 0.453 e. The number of nitrogens with zero attached hydrogens (tertiary/aromatic N) is 7. The molecule has 4 heterocycles. The molecule has 0 unspecified atom stereocenters. The smallest absolute Gasteiger partial charge is 0.317 e. The third kappa shape index (κ3) is 4.29. The van der Waals surface area contributed by atoms with E-state index in [4.69, 9.17) is 4.74 Å². The van der Waals surface area contributed by atoms with Crippen LogP contribution >= 0.6 is 0 Å². The van der Waals surface area contributed by atoms with Gasteiger partial charge in [-0.25, -0.2) is 9.97 Å². The topological polar surface area (TPSA) is 87.6 Å². The second-order valence-corrected chi connectivity index (χ2v) is 7.08. The van der Waals surface area contributed by atoms with Gasteiger partial charge < -0.3 is 19.4 Å². The van der Waals surface area contributed by atoms with Gasteiger partial charge in [0.2, 0.25) is 0 Å². The van der Waals surface area contributed by atoms with Crippen molar-refractivity contribution in [3.63, 3.8) is 0 Å². The Balaban J connectivity index is 1.26. The van der Waals surface area contributed by atoms with Gasteiger partial charge in [0.15, 0.2) is 18.2 Å². The maximum Gasteiger partial charge on any atom is 0.317 e. The minimum absolute atomic E-state index is 0.0478. The molecule has 2 saturated heterocycles. The van der Waals surface area contributed by atoms with Crippen LogP contribution in [0.25, 0.3) is 0 Å². The van der Waals surface area contributed by atoms with Gasteiger partial charge in [-0.1, -0.05) is 0 Å². The highest BCUT2D eigenvalue weighted by Crippen LogP contribution is 2.20. The standard InChI is InChI=1S/C19H25N7O2/c1-15-6-7-20-19(21-15)28-14-18(27)26-12-10-25(11-13-26)17-5-4-16(22-23-17)24-8-2-3-9-24/h4-7H,2-3,8-14H2,1H3. The van der Waals surface area contributed by atoms with Crippen LogP contribution in [-0.2, 0) is 4.79 Å². The number of ether oxygens (including phenoxy) is 1. The SMILES string of the molecule is Cc1ccnc(OCC(=O)N2CCN(c3ccc(N4CCCC4)nn3)CC2)n1. The minimum Gasteiger partial charge on any atom is -0.453 e. The van der Waals surface area contributed by atoms with Crippen molar-refractivity contribution in [2.45, 2.75) is 19.8 Å². The van der Waals surface area contributed by atoms with E-state index in [0.717, 1.165) is 43.5 Å². The first-order valence-electron chi connectivity index (χ1n) is 9.73. The van der Waals surface area contributed by atoms with Gasteiger partial charge in [0.1, 0.15) is 0 Å². The molecule has 2 aromatic heterocycles. The summed E-state index contributed by atoms with van der Waals surface area (Å²) in [6, 6.07) is 6.09. The fraction of sp³-hybridized carbons (Fsp3) is 0.526. The van der Waals surface area contributed by atoms with E-state index >= 15 is 0 Å². The Morgan fingerprint density at radius 2 is 1.61 bits per heavy atom. The quantitative estimate of drug-likeness (QED) is 0.753. The van der Waals surface area contributed by atoms with Gasteiger partial charge >= 0.3 is 6.01 Å². The summed E-state index contributed by atoms with van der Waals surface area (Å²) in [6.45, 7) is 6.65. The highest BCUT2D eigenvalue weighted by atomic mass is 16.5. The Hall–Kier alpha value is -2.97. The second-order valence-electron chi connectivity index (χ2n) is 7.08. The first kappa shape index (κ1) is 18.4. The molecule has 4 rings (SSSR count). The van der Waals surface area contributed by atoms with Gasteiger partial charge in [0.25, 0.3) is 5.91 Å². The normalized spacial score (nSPS) is 17.1. The molecule has 0 bridgehead atoms. The lowest BCUT2D eigenvalue weighted by atomic mass is 10.3. The molecule has 0 radical (unpaired) electrons. The summed E-state index contributed by atoms with van der Waals surface area (Å²) in [5.74, 6) is 1.75. The average molecular weight is 383 g/mol. The maximum absolute atomic E-state index is 12.4. The Labute approximate surface area is 164 Å². The number of aromatic nitrogens is 4. The van der Waals surface area contributed by atoms with Crippen LogP contribution < -0.4 is 14.5 Å². The number of carbonyl (C=O) groups is 1. The molecule has 28 heavy (non-hydrogen) atoms. The number of hydrogen-bond donors (Lipinski definition) is 0. The molecule has 0 saturated carbocycles. The number of aryl methyl sites for hydroxylation is 1. The first-order chi connectivity index (χ1) is 13.7. The number of rotatable bonds is 5. The van der Waals surface area contributed by atoms with E-state index in [0.29, 0.717) is 13.1 Å². The van der Waals surface area contributed by atoms with Crippen LogP contribution in [0.3, 0.4) is 0 Å². The predicted molar refractivity (Wildman–Crippen MR) is 105 cm³/mol. The van der Waals surface area contributed by atoms with Gasteiger partial charge in [-0.05, 0) is 38.0 Å². The van der Waals surface area contributed by atoms with Crippen LogP contribution in [0.4, 0.5) is 11.6 Å². The molecule has 1 amide bonds. The van der Waals surface area contributed by atoms with Crippen LogP contribution in [-0.4, -0.2) is 76.8 Å². The molecule has 9 nitrogen and oxygen atoms in total. The third-order valence-electron chi connectivity index (χ3n) is 5.12. The van der Waals surface area contributed by atoms with E-state index in [1.54, 1.807) is 17.2 Å². The van der Waals surface area contributed by atoms with Crippen molar-refractivity contribution in [1.29, 1.82) is 0 Å². The molecule has 9 heteroatoms. The third-order valence-corrected chi connectivity index (χ3v) is 5.12. The second kappa shape index (κ2) is 8.37. The minimum atomic E-state index is -0.0554. The van der Waals surface area contributed by atoms with Crippen LogP contribution in [0.2, 0.25) is 0 Å². The summed E-state index contributed by atoms with van der Waals surface area (Å²) >= 11 is 0.